The minimum Gasteiger partial charge on any atom is -0.303 e. The molecule has 0 bridgehead atoms. The smallest absolute Gasteiger partial charge is 0.00187 e. The molecule has 0 atom stereocenters. The van der Waals surface area contributed by atoms with E-state index in [0.717, 1.165) is 5.92 Å². The quantitative estimate of drug-likeness (QED) is 0.0581. The molecular weight excluding hydrogens is 579 g/mol. The molecule has 0 aliphatic rings. The first-order valence-electron chi connectivity index (χ1n) is 23.4. The van der Waals surface area contributed by atoms with E-state index in [9.17, 15) is 0 Å². The first-order chi connectivity index (χ1) is 23.7. The molecule has 0 rings (SSSR count). The molecule has 1 nitrogen and oxygen atoms in total. The summed E-state index contributed by atoms with van der Waals surface area (Å²) >= 11 is 0. The van der Waals surface area contributed by atoms with Gasteiger partial charge in [0.1, 0.15) is 0 Å². The molecule has 290 valence electrons. The highest BCUT2D eigenvalue weighted by Crippen LogP contribution is 2.17. The Balaban J connectivity index is 3.93. The third-order valence-corrected chi connectivity index (χ3v) is 11.2. The highest BCUT2D eigenvalue weighted by atomic mass is 15.1. The van der Waals surface area contributed by atoms with E-state index in [2.05, 4.69) is 32.6 Å². The summed E-state index contributed by atoms with van der Waals surface area (Å²) in [6.07, 6.45) is 57.1. The lowest BCUT2D eigenvalue weighted by Crippen LogP contribution is -2.27. The van der Waals surface area contributed by atoms with E-state index in [-0.39, 0.29) is 0 Å². The van der Waals surface area contributed by atoms with Gasteiger partial charge in [0, 0.05) is 0 Å². The van der Waals surface area contributed by atoms with Gasteiger partial charge in [-0.1, -0.05) is 259 Å². The van der Waals surface area contributed by atoms with Crippen LogP contribution in [0.4, 0.5) is 0 Å². The Bertz CT molecular complexity index is 511. The second kappa shape index (κ2) is 43.1. The van der Waals surface area contributed by atoms with Gasteiger partial charge in [0.25, 0.3) is 0 Å². The zero-order valence-electron chi connectivity index (χ0n) is 34.7. The average molecular weight is 676 g/mol. The van der Waals surface area contributed by atoms with Crippen molar-refractivity contribution in [1.82, 2.24) is 4.90 Å². The molecule has 0 saturated carbocycles. The second-order valence-corrected chi connectivity index (χ2v) is 16.8. The minimum absolute atomic E-state index is 0.890. The van der Waals surface area contributed by atoms with E-state index >= 15 is 0 Å². The average Bonchev–Trinajstić information content (AvgIpc) is 3.08. The Morgan fingerprint density at radius 2 is 0.438 bits per heavy atom. The van der Waals surface area contributed by atoms with E-state index in [4.69, 9.17) is 0 Å². The lowest BCUT2D eigenvalue weighted by atomic mass is 10.0. The van der Waals surface area contributed by atoms with Crippen molar-refractivity contribution in [3.05, 3.63) is 0 Å². The van der Waals surface area contributed by atoms with Crippen molar-refractivity contribution < 1.29 is 0 Å². The summed E-state index contributed by atoms with van der Waals surface area (Å²) in [5.41, 5.74) is 0. The molecule has 0 aliphatic carbocycles. The first kappa shape index (κ1) is 48.0. The predicted molar refractivity (Wildman–Crippen MR) is 223 cm³/mol. The van der Waals surface area contributed by atoms with Gasteiger partial charge in [0.15, 0.2) is 0 Å². The van der Waals surface area contributed by atoms with Gasteiger partial charge >= 0.3 is 0 Å². The number of hydrogen-bond donors (Lipinski definition) is 0. The summed E-state index contributed by atoms with van der Waals surface area (Å²) in [4.78, 5) is 2.87. The molecule has 0 aromatic heterocycles. The fraction of sp³-hybridized carbons (Fsp3) is 1.00. The van der Waals surface area contributed by atoms with Crippen LogP contribution >= 0.6 is 0 Å². The molecule has 0 heterocycles. The van der Waals surface area contributed by atoms with E-state index in [0.29, 0.717) is 0 Å². The first-order valence-corrected chi connectivity index (χ1v) is 23.4. The summed E-state index contributed by atoms with van der Waals surface area (Å²) in [6, 6.07) is 0. The van der Waals surface area contributed by atoms with Crippen LogP contribution in [0.2, 0.25) is 0 Å². The third kappa shape index (κ3) is 42.1. The molecule has 48 heavy (non-hydrogen) atoms. The van der Waals surface area contributed by atoms with Crippen molar-refractivity contribution in [1.29, 1.82) is 0 Å². The number of rotatable bonds is 43. The zero-order valence-corrected chi connectivity index (χ0v) is 34.7. The largest absolute Gasteiger partial charge is 0.303 e. The van der Waals surface area contributed by atoms with Gasteiger partial charge in [-0.15, -0.1) is 0 Å². The lowest BCUT2D eigenvalue weighted by Gasteiger charge is -2.22. The minimum atomic E-state index is 0.890. The normalized spacial score (nSPS) is 11.9. The van der Waals surface area contributed by atoms with Gasteiger partial charge in [-0.3, -0.25) is 0 Å². The van der Waals surface area contributed by atoms with Crippen LogP contribution in [0.5, 0.6) is 0 Å². The molecule has 0 N–H and O–H groups in total. The monoisotopic (exact) mass is 676 g/mol. The number of unbranched alkanes of at least 4 members (excludes halogenated alkanes) is 35. The van der Waals surface area contributed by atoms with Crippen LogP contribution in [-0.2, 0) is 0 Å². The molecule has 0 amide bonds. The maximum absolute atomic E-state index is 2.87. The predicted octanol–water partition coefficient (Wildman–Crippen LogP) is 17.2. The zero-order chi connectivity index (χ0) is 34.9. The van der Waals surface area contributed by atoms with E-state index in [1.807, 2.05) is 0 Å². The van der Waals surface area contributed by atoms with Gasteiger partial charge in [0.05, 0.1) is 0 Å². The van der Waals surface area contributed by atoms with E-state index in [1.165, 1.54) is 270 Å². The Kier molecular flexibility index (Phi) is 43.1. The molecule has 1 heteroatoms. The fourth-order valence-electron chi connectivity index (χ4n) is 7.70. The summed E-state index contributed by atoms with van der Waals surface area (Å²) in [6.45, 7) is 13.5. The molecule has 0 unspecified atom stereocenters. The lowest BCUT2D eigenvalue weighted by molar-refractivity contribution is 0.254. The maximum Gasteiger partial charge on any atom is -0.00187 e. The third-order valence-electron chi connectivity index (χ3n) is 11.2. The summed E-state index contributed by atoms with van der Waals surface area (Å²) in [5, 5.41) is 0. The molecule has 0 aromatic carbocycles. The molecule has 0 saturated heterocycles. The van der Waals surface area contributed by atoms with Crippen LogP contribution in [0, 0.1) is 5.92 Å². The standard InChI is InChI=1S/C47H97N/c1-5-7-9-11-13-15-17-20-24-28-32-36-40-44-48(45-41-37-33-29-25-21-18-16-14-12-10-8-6-2)46-42-38-34-30-26-22-19-23-27-31-35-39-43-47(3)4/h47H,5-46H2,1-4H3. The fourth-order valence-corrected chi connectivity index (χ4v) is 7.70. The van der Waals surface area contributed by atoms with Crippen LogP contribution in [0.3, 0.4) is 0 Å². The van der Waals surface area contributed by atoms with Crippen molar-refractivity contribution in [2.45, 2.75) is 278 Å². The second-order valence-electron chi connectivity index (χ2n) is 16.8. The Morgan fingerprint density at radius 3 is 0.646 bits per heavy atom. The van der Waals surface area contributed by atoms with Gasteiger partial charge in [0.2, 0.25) is 0 Å². The summed E-state index contributed by atoms with van der Waals surface area (Å²) in [5.74, 6) is 0.890. The molecule has 0 aliphatic heterocycles. The van der Waals surface area contributed by atoms with Crippen LogP contribution < -0.4 is 0 Å². The molecule has 0 spiro atoms. The number of nitrogens with zero attached hydrogens (tertiary/aromatic N) is 1. The summed E-state index contributed by atoms with van der Waals surface area (Å²) in [7, 11) is 0. The van der Waals surface area contributed by atoms with Crippen molar-refractivity contribution in [2.24, 2.45) is 5.92 Å². The number of hydrogen-bond acceptors (Lipinski definition) is 1. The van der Waals surface area contributed by atoms with Crippen molar-refractivity contribution in [3.63, 3.8) is 0 Å². The highest BCUT2D eigenvalue weighted by Gasteiger charge is 2.06. The molecular formula is C47H97N. The van der Waals surface area contributed by atoms with Crippen molar-refractivity contribution in [2.75, 3.05) is 19.6 Å². The Hall–Kier alpha value is -0.0400. The molecule has 0 aromatic rings. The van der Waals surface area contributed by atoms with Gasteiger partial charge < -0.3 is 4.90 Å². The van der Waals surface area contributed by atoms with Gasteiger partial charge in [-0.2, -0.15) is 0 Å². The molecule has 0 fully saturated rings. The van der Waals surface area contributed by atoms with Crippen LogP contribution in [-0.4, -0.2) is 24.5 Å². The van der Waals surface area contributed by atoms with Crippen molar-refractivity contribution in [3.8, 4) is 0 Å². The Labute approximate surface area is 307 Å². The Morgan fingerprint density at radius 1 is 0.250 bits per heavy atom. The highest BCUT2D eigenvalue weighted by molar-refractivity contribution is 4.61. The van der Waals surface area contributed by atoms with Crippen LogP contribution in [0.1, 0.15) is 278 Å². The SMILES string of the molecule is CCCCCCCCCCCCCCCN(CCCCCCCCCCCCCCC)CCCCCCCCCCCCCCC(C)C. The topological polar surface area (TPSA) is 3.24 Å². The van der Waals surface area contributed by atoms with Crippen LogP contribution in [0.15, 0.2) is 0 Å². The molecule has 0 radical (unpaired) electrons. The van der Waals surface area contributed by atoms with E-state index in [1.54, 1.807) is 0 Å². The maximum atomic E-state index is 2.87. The van der Waals surface area contributed by atoms with E-state index < -0.39 is 0 Å². The van der Waals surface area contributed by atoms with Gasteiger partial charge in [-0.25, -0.2) is 0 Å². The van der Waals surface area contributed by atoms with Gasteiger partial charge in [-0.05, 0) is 44.8 Å². The van der Waals surface area contributed by atoms with Crippen LogP contribution in [0.25, 0.3) is 0 Å². The van der Waals surface area contributed by atoms with Crippen molar-refractivity contribution >= 4 is 0 Å². The summed E-state index contributed by atoms with van der Waals surface area (Å²) < 4.78 is 0.